The summed E-state index contributed by atoms with van der Waals surface area (Å²) in [4.78, 5) is 2.15. The lowest BCUT2D eigenvalue weighted by atomic mass is 9.70. The van der Waals surface area contributed by atoms with Gasteiger partial charge in [0.15, 0.2) is 17.3 Å². The second-order valence-electron chi connectivity index (χ2n) is 6.11. The molecule has 0 radical (unpaired) electrons. The fourth-order valence-electron chi connectivity index (χ4n) is 3.80. The quantitative estimate of drug-likeness (QED) is 0.931. The van der Waals surface area contributed by atoms with Crippen molar-refractivity contribution >= 4 is 0 Å². The van der Waals surface area contributed by atoms with E-state index >= 15 is 0 Å². The first-order valence-corrected chi connectivity index (χ1v) is 7.55. The van der Waals surface area contributed by atoms with Gasteiger partial charge in [-0.15, -0.1) is 0 Å². The second-order valence-corrected chi connectivity index (χ2v) is 6.11. The number of likely N-dealkylation sites (tertiary alicyclic amines) is 1. The third kappa shape index (κ3) is 2.15. The molecule has 1 aromatic carbocycles. The molecule has 120 valence electrons. The summed E-state index contributed by atoms with van der Waals surface area (Å²) in [5.41, 5.74) is 1.73. The molecule has 2 atom stereocenters. The largest absolute Gasteiger partial charge is 0.493 e. The zero-order chi connectivity index (χ0) is 15.9. The number of benzene rings is 1. The van der Waals surface area contributed by atoms with Gasteiger partial charge in [-0.25, -0.2) is 4.39 Å². The number of hydrogen-bond donors (Lipinski definition) is 1. The fraction of sp³-hybridized carbons (Fsp3) is 0.529. The van der Waals surface area contributed by atoms with Crippen molar-refractivity contribution in [3.63, 3.8) is 0 Å². The zero-order valence-electron chi connectivity index (χ0n) is 13.2. The van der Waals surface area contributed by atoms with Gasteiger partial charge in [0.05, 0.1) is 20.3 Å². The molecule has 0 spiro atoms. The normalized spacial score (nSPS) is 27.4. The molecular formula is C17H22FNO3. The van der Waals surface area contributed by atoms with Crippen molar-refractivity contribution in [2.75, 3.05) is 27.8 Å². The molecule has 0 aromatic heterocycles. The lowest BCUT2D eigenvalue weighted by Crippen LogP contribution is -2.33. The summed E-state index contributed by atoms with van der Waals surface area (Å²) in [5.74, 6) is 0.133. The number of rotatable bonds is 3. The van der Waals surface area contributed by atoms with Gasteiger partial charge in [0, 0.05) is 24.7 Å². The van der Waals surface area contributed by atoms with Gasteiger partial charge in [0.2, 0.25) is 0 Å². The Balaban J connectivity index is 2.14. The number of fused-ring (bicyclic) bond motifs is 1. The SMILES string of the molecule is COc1cc([C@@]23CC[C@@H](O)C=C2N(C)CC3)cc(F)c1OC. The molecule has 0 saturated carbocycles. The van der Waals surface area contributed by atoms with E-state index in [9.17, 15) is 9.50 Å². The Kier molecular flexibility index (Phi) is 3.77. The molecule has 1 fully saturated rings. The number of halogens is 1. The van der Waals surface area contributed by atoms with E-state index in [1.807, 2.05) is 19.2 Å². The summed E-state index contributed by atoms with van der Waals surface area (Å²) >= 11 is 0. The lowest BCUT2D eigenvalue weighted by Gasteiger charge is -2.37. The van der Waals surface area contributed by atoms with Crippen molar-refractivity contribution in [3.05, 3.63) is 35.3 Å². The van der Waals surface area contributed by atoms with Gasteiger partial charge in [-0.2, -0.15) is 0 Å². The fourth-order valence-corrected chi connectivity index (χ4v) is 3.80. The molecule has 1 aliphatic heterocycles. The molecule has 2 aliphatic rings. The highest BCUT2D eigenvalue weighted by molar-refractivity contribution is 5.50. The molecule has 5 heteroatoms. The minimum atomic E-state index is -0.423. The molecule has 1 heterocycles. The maximum atomic E-state index is 14.4. The van der Waals surface area contributed by atoms with E-state index in [0.29, 0.717) is 12.2 Å². The predicted molar refractivity (Wildman–Crippen MR) is 81.8 cm³/mol. The second kappa shape index (κ2) is 5.47. The van der Waals surface area contributed by atoms with Crippen LogP contribution in [-0.2, 0) is 5.41 Å². The van der Waals surface area contributed by atoms with Crippen molar-refractivity contribution in [1.29, 1.82) is 0 Å². The maximum Gasteiger partial charge on any atom is 0.196 e. The standard InChI is InChI=1S/C17H22FNO3/c1-19-7-6-17(5-4-12(20)10-15(17)19)11-8-13(18)16(22-3)14(9-11)21-2/h8-10,12,20H,4-7H2,1-3H3/t12-,17+/m1/s1. The Bertz CT molecular complexity index is 616. The number of hydrogen-bond acceptors (Lipinski definition) is 4. The van der Waals surface area contributed by atoms with Crippen LogP contribution in [0.25, 0.3) is 0 Å². The molecule has 4 nitrogen and oxygen atoms in total. The smallest absolute Gasteiger partial charge is 0.196 e. The monoisotopic (exact) mass is 307 g/mol. The van der Waals surface area contributed by atoms with Crippen molar-refractivity contribution in [1.82, 2.24) is 4.90 Å². The van der Waals surface area contributed by atoms with Crippen molar-refractivity contribution in [2.45, 2.75) is 30.8 Å². The van der Waals surface area contributed by atoms with E-state index in [0.717, 1.165) is 30.6 Å². The van der Waals surface area contributed by atoms with Gasteiger partial charge in [-0.05, 0) is 43.0 Å². The van der Waals surface area contributed by atoms with E-state index in [2.05, 4.69) is 4.90 Å². The Morgan fingerprint density at radius 1 is 1.27 bits per heavy atom. The number of aliphatic hydroxyl groups excluding tert-OH is 1. The predicted octanol–water partition coefficient (Wildman–Crippen LogP) is 2.45. The van der Waals surface area contributed by atoms with Crippen LogP contribution < -0.4 is 9.47 Å². The minimum absolute atomic E-state index is 0.135. The third-order valence-electron chi connectivity index (χ3n) is 4.98. The van der Waals surface area contributed by atoms with Gasteiger partial charge in [0.1, 0.15) is 0 Å². The molecule has 0 bridgehead atoms. The Hall–Kier alpha value is -1.75. The van der Waals surface area contributed by atoms with Gasteiger partial charge < -0.3 is 19.5 Å². The van der Waals surface area contributed by atoms with Crippen LogP contribution in [-0.4, -0.2) is 43.9 Å². The van der Waals surface area contributed by atoms with Crippen LogP contribution in [0.4, 0.5) is 4.39 Å². The summed E-state index contributed by atoms with van der Waals surface area (Å²) in [5, 5.41) is 9.95. The molecule has 1 saturated heterocycles. The van der Waals surface area contributed by atoms with Crippen LogP contribution in [0.2, 0.25) is 0 Å². The van der Waals surface area contributed by atoms with Crippen LogP contribution in [0, 0.1) is 5.82 Å². The highest BCUT2D eigenvalue weighted by Gasteiger charge is 2.46. The van der Waals surface area contributed by atoms with Crippen LogP contribution in [0.5, 0.6) is 11.5 Å². The molecule has 3 rings (SSSR count). The lowest BCUT2D eigenvalue weighted by molar-refractivity contribution is 0.181. The van der Waals surface area contributed by atoms with Crippen molar-refractivity contribution in [3.8, 4) is 11.5 Å². The molecule has 1 aromatic rings. The van der Waals surface area contributed by atoms with Crippen LogP contribution in [0.3, 0.4) is 0 Å². The Morgan fingerprint density at radius 3 is 2.73 bits per heavy atom. The average Bonchev–Trinajstić information content (AvgIpc) is 2.84. The van der Waals surface area contributed by atoms with E-state index in [1.54, 1.807) is 6.07 Å². The summed E-state index contributed by atoms with van der Waals surface area (Å²) in [6, 6.07) is 3.42. The van der Waals surface area contributed by atoms with E-state index in [4.69, 9.17) is 9.47 Å². The molecule has 1 aliphatic carbocycles. The first-order valence-electron chi connectivity index (χ1n) is 7.55. The van der Waals surface area contributed by atoms with E-state index < -0.39 is 11.9 Å². The summed E-state index contributed by atoms with van der Waals surface area (Å²) in [6.45, 7) is 0.897. The molecule has 1 N–H and O–H groups in total. The number of nitrogens with zero attached hydrogens (tertiary/aromatic N) is 1. The molecule has 22 heavy (non-hydrogen) atoms. The Labute approximate surface area is 130 Å². The average molecular weight is 307 g/mol. The number of methoxy groups -OCH3 is 2. The number of allylic oxidation sites excluding steroid dienone is 1. The maximum absolute atomic E-state index is 14.4. The van der Waals surface area contributed by atoms with Gasteiger partial charge in [-0.3, -0.25) is 0 Å². The number of ether oxygens (including phenoxy) is 2. The van der Waals surface area contributed by atoms with Crippen LogP contribution >= 0.6 is 0 Å². The summed E-state index contributed by atoms with van der Waals surface area (Å²) < 4.78 is 24.8. The first kappa shape index (κ1) is 15.2. The van der Waals surface area contributed by atoms with Gasteiger partial charge in [-0.1, -0.05) is 0 Å². The molecule has 0 amide bonds. The number of aliphatic hydroxyl groups is 1. The van der Waals surface area contributed by atoms with Crippen LogP contribution in [0.1, 0.15) is 24.8 Å². The first-order chi connectivity index (χ1) is 10.5. The highest BCUT2D eigenvalue weighted by Crippen LogP contribution is 2.50. The number of likely N-dealkylation sites (N-methyl/N-ethyl adjacent to an activating group) is 1. The van der Waals surface area contributed by atoms with Crippen molar-refractivity contribution < 1.29 is 19.0 Å². The molecular weight excluding hydrogens is 285 g/mol. The van der Waals surface area contributed by atoms with Gasteiger partial charge >= 0.3 is 0 Å². The minimum Gasteiger partial charge on any atom is -0.493 e. The highest BCUT2D eigenvalue weighted by atomic mass is 19.1. The zero-order valence-corrected chi connectivity index (χ0v) is 13.2. The summed E-state index contributed by atoms with van der Waals surface area (Å²) in [6.07, 6.45) is 3.89. The van der Waals surface area contributed by atoms with E-state index in [1.165, 1.54) is 14.2 Å². The Morgan fingerprint density at radius 2 is 2.05 bits per heavy atom. The van der Waals surface area contributed by atoms with E-state index in [-0.39, 0.29) is 11.2 Å². The van der Waals surface area contributed by atoms with Crippen LogP contribution in [0.15, 0.2) is 23.9 Å². The summed E-state index contributed by atoms with van der Waals surface area (Å²) in [7, 11) is 4.97. The van der Waals surface area contributed by atoms with Gasteiger partial charge in [0.25, 0.3) is 0 Å². The molecule has 0 unspecified atom stereocenters. The topological polar surface area (TPSA) is 41.9 Å². The third-order valence-corrected chi connectivity index (χ3v) is 4.98. The van der Waals surface area contributed by atoms with Crippen molar-refractivity contribution in [2.24, 2.45) is 0 Å².